The summed E-state index contributed by atoms with van der Waals surface area (Å²) in [5.41, 5.74) is 2.46. The highest BCUT2D eigenvalue weighted by molar-refractivity contribution is 6.08. The van der Waals surface area contributed by atoms with E-state index in [4.69, 9.17) is 0 Å². The van der Waals surface area contributed by atoms with E-state index in [1.54, 1.807) is 6.92 Å². The molecule has 1 atom stereocenters. The van der Waals surface area contributed by atoms with Crippen LogP contribution in [-0.2, 0) is 17.8 Å². The van der Waals surface area contributed by atoms with E-state index in [1.807, 2.05) is 47.0 Å². The minimum atomic E-state index is 0.0241. The molecule has 1 aliphatic rings. The molecule has 0 radical (unpaired) electrons. The summed E-state index contributed by atoms with van der Waals surface area (Å²) in [6.07, 6.45) is 0.747. The zero-order valence-electron chi connectivity index (χ0n) is 10.8. The third-order valence-corrected chi connectivity index (χ3v) is 3.77. The van der Waals surface area contributed by atoms with Gasteiger partial charge in [-0.25, -0.2) is 0 Å². The van der Waals surface area contributed by atoms with E-state index < -0.39 is 0 Å². The average Bonchev–Trinajstić information content (AvgIpc) is 2.98. The zero-order chi connectivity index (χ0) is 13.4. The molecule has 3 heteroatoms. The van der Waals surface area contributed by atoms with Gasteiger partial charge >= 0.3 is 0 Å². The summed E-state index contributed by atoms with van der Waals surface area (Å²) in [5, 5.41) is 0. The molecule has 0 N–H and O–H groups in total. The number of rotatable bonds is 3. The van der Waals surface area contributed by atoms with Gasteiger partial charge in [-0.3, -0.25) is 9.59 Å². The number of Topliss-reactive ketones (excluding diaryl/α,β-unsaturated/α-hetero) is 1. The van der Waals surface area contributed by atoms with Crippen molar-refractivity contribution in [1.29, 1.82) is 0 Å². The van der Waals surface area contributed by atoms with Crippen molar-refractivity contribution < 1.29 is 9.59 Å². The van der Waals surface area contributed by atoms with Crippen LogP contribution in [0.4, 0.5) is 0 Å². The molecule has 3 nitrogen and oxygen atoms in total. The lowest BCUT2D eigenvalue weighted by atomic mass is 10.0. The largest absolute Gasteiger partial charge is 0.341 e. The smallest absolute Gasteiger partial charge is 0.209 e. The summed E-state index contributed by atoms with van der Waals surface area (Å²) in [6.45, 7) is 2.25. The summed E-state index contributed by atoms with van der Waals surface area (Å²) in [7, 11) is 0. The Morgan fingerprint density at radius 1 is 1.11 bits per heavy atom. The van der Waals surface area contributed by atoms with Gasteiger partial charge in [-0.2, -0.15) is 0 Å². The van der Waals surface area contributed by atoms with E-state index in [0.717, 1.165) is 12.1 Å². The molecule has 0 aliphatic carbocycles. The van der Waals surface area contributed by atoms with Crippen LogP contribution < -0.4 is 0 Å². The zero-order valence-corrected chi connectivity index (χ0v) is 10.8. The lowest BCUT2D eigenvalue weighted by Crippen LogP contribution is -2.15. The summed E-state index contributed by atoms with van der Waals surface area (Å²) in [6, 6.07) is 13.1. The number of aromatic nitrogens is 1. The molecule has 1 unspecified atom stereocenters. The monoisotopic (exact) mass is 253 g/mol. The Labute approximate surface area is 111 Å². The van der Waals surface area contributed by atoms with Gasteiger partial charge in [-0.1, -0.05) is 30.3 Å². The van der Waals surface area contributed by atoms with Crippen molar-refractivity contribution in [3.63, 3.8) is 0 Å². The Kier molecular flexibility index (Phi) is 2.82. The third-order valence-electron chi connectivity index (χ3n) is 3.77. The van der Waals surface area contributed by atoms with Crippen LogP contribution in [0.2, 0.25) is 0 Å². The van der Waals surface area contributed by atoms with Crippen LogP contribution in [-0.4, -0.2) is 16.1 Å². The highest BCUT2D eigenvalue weighted by Gasteiger charge is 2.28. The lowest BCUT2D eigenvalue weighted by molar-refractivity contribution is -0.120. The SMILES string of the molecule is CC(=O)C1Cc2ccc(C(=O)c3ccccc3)n2C1. The van der Waals surface area contributed by atoms with E-state index in [0.29, 0.717) is 17.8 Å². The van der Waals surface area contributed by atoms with Gasteiger partial charge < -0.3 is 4.57 Å². The third kappa shape index (κ3) is 2.01. The summed E-state index contributed by atoms with van der Waals surface area (Å²) >= 11 is 0. The molecule has 0 saturated heterocycles. The topological polar surface area (TPSA) is 39.1 Å². The fraction of sp³-hybridized carbons (Fsp3) is 0.250. The summed E-state index contributed by atoms with van der Waals surface area (Å²) < 4.78 is 1.99. The normalized spacial score (nSPS) is 17.2. The maximum atomic E-state index is 12.4. The number of hydrogen-bond acceptors (Lipinski definition) is 2. The van der Waals surface area contributed by atoms with Crippen LogP contribution in [0.25, 0.3) is 0 Å². The van der Waals surface area contributed by atoms with Gasteiger partial charge in [0.2, 0.25) is 5.78 Å². The van der Waals surface area contributed by atoms with Gasteiger partial charge in [0.25, 0.3) is 0 Å². The first kappa shape index (κ1) is 11.9. The minimum Gasteiger partial charge on any atom is -0.341 e. The predicted molar refractivity (Wildman–Crippen MR) is 72.2 cm³/mol. The Bertz CT molecular complexity index is 640. The van der Waals surface area contributed by atoms with Crippen LogP contribution in [0, 0.1) is 5.92 Å². The number of fused-ring (bicyclic) bond motifs is 1. The van der Waals surface area contributed by atoms with E-state index in [-0.39, 0.29) is 17.5 Å². The molecule has 0 spiro atoms. The Balaban J connectivity index is 1.93. The van der Waals surface area contributed by atoms with E-state index in [1.165, 1.54) is 0 Å². The van der Waals surface area contributed by atoms with Crippen molar-refractivity contribution in [3.8, 4) is 0 Å². The molecule has 1 aromatic carbocycles. The van der Waals surface area contributed by atoms with E-state index in [2.05, 4.69) is 0 Å². The number of carbonyl (C=O) groups excluding carboxylic acids is 2. The number of ketones is 2. The number of carbonyl (C=O) groups is 2. The number of hydrogen-bond donors (Lipinski definition) is 0. The van der Waals surface area contributed by atoms with Gasteiger partial charge in [0, 0.05) is 23.7 Å². The average molecular weight is 253 g/mol. The van der Waals surface area contributed by atoms with Crippen molar-refractivity contribution in [3.05, 3.63) is 59.4 Å². The van der Waals surface area contributed by atoms with Crippen LogP contribution in [0.1, 0.15) is 28.7 Å². The van der Waals surface area contributed by atoms with Gasteiger partial charge in [0.1, 0.15) is 5.78 Å². The van der Waals surface area contributed by atoms with Crippen LogP contribution in [0.5, 0.6) is 0 Å². The maximum absolute atomic E-state index is 12.4. The molecule has 96 valence electrons. The maximum Gasteiger partial charge on any atom is 0.209 e. The van der Waals surface area contributed by atoms with Crippen LogP contribution in [0.3, 0.4) is 0 Å². The van der Waals surface area contributed by atoms with Gasteiger partial charge in [0.15, 0.2) is 0 Å². The van der Waals surface area contributed by atoms with E-state index in [9.17, 15) is 9.59 Å². The van der Waals surface area contributed by atoms with Crippen molar-refractivity contribution in [2.75, 3.05) is 0 Å². The fourth-order valence-corrected chi connectivity index (χ4v) is 2.65. The number of benzene rings is 1. The molecule has 0 amide bonds. The van der Waals surface area contributed by atoms with Crippen molar-refractivity contribution >= 4 is 11.6 Å². The Morgan fingerprint density at radius 2 is 1.84 bits per heavy atom. The molecule has 1 aromatic heterocycles. The molecular weight excluding hydrogens is 238 g/mol. The molecule has 1 aliphatic heterocycles. The van der Waals surface area contributed by atoms with Gasteiger partial charge in [0.05, 0.1) is 5.69 Å². The molecule has 0 bridgehead atoms. The first-order valence-electron chi connectivity index (χ1n) is 6.45. The molecule has 2 aromatic rings. The van der Waals surface area contributed by atoms with Crippen LogP contribution >= 0.6 is 0 Å². The molecule has 2 heterocycles. The molecular formula is C16H15NO2. The Hall–Kier alpha value is -2.16. The summed E-state index contributed by atoms with van der Waals surface area (Å²) in [4.78, 5) is 23.9. The lowest BCUT2D eigenvalue weighted by Gasteiger charge is -2.07. The first-order valence-corrected chi connectivity index (χ1v) is 6.45. The predicted octanol–water partition coefficient (Wildman–Crippen LogP) is 2.48. The fourth-order valence-electron chi connectivity index (χ4n) is 2.65. The van der Waals surface area contributed by atoms with E-state index >= 15 is 0 Å². The second-order valence-electron chi connectivity index (χ2n) is 5.03. The Morgan fingerprint density at radius 3 is 2.53 bits per heavy atom. The van der Waals surface area contributed by atoms with Crippen LogP contribution in [0.15, 0.2) is 42.5 Å². The minimum absolute atomic E-state index is 0.0241. The van der Waals surface area contributed by atoms with Crippen molar-refractivity contribution in [2.45, 2.75) is 19.9 Å². The molecule has 0 saturated carbocycles. The molecule has 3 rings (SSSR count). The molecule has 0 fully saturated rings. The van der Waals surface area contributed by atoms with Crippen molar-refractivity contribution in [1.82, 2.24) is 4.57 Å². The first-order chi connectivity index (χ1) is 9.16. The van der Waals surface area contributed by atoms with Gasteiger partial charge in [-0.15, -0.1) is 0 Å². The quantitative estimate of drug-likeness (QED) is 0.788. The standard InChI is InChI=1S/C16H15NO2/c1-11(18)13-9-14-7-8-15(17(14)10-13)16(19)12-5-3-2-4-6-12/h2-8,13H,9-10H2,1H3. The number of nitrogens with zero attached hydrogens (tertiary/aromatic N) is 1. The highest BCUT2D eigenvalue weighted by Crippen LogP contribution is 2.25. The summed E-state index contributed by atoms with van der Waals surface area (Å²) in [5.74, 6) is 0.247. The highest BCUT2D eigenvalue weighted by atomic mass is 16.1. The molecule has 19 heavy (non-hydrogen) atoms. The second-order valence-corrected chi connectivity index (χ2v) is 5.03. The van der Waals surface area contributed by atoms with Crippen molar-refractivity contribution in [2.24, 2.45) is 5.92 Å². The van der Waals surface area contributed by atoms with Gasteiger partial charge in [-0.05, 0) is 25.5 Å². The second kappa shape index (κ2) is 4.50.